The van der Waals surface area contributed by atoms with Gasteiger partial charge < -0.3 is 9.73 Å². The van der Waals surface area contributed by atoms with E-state index >= 15 is 0 Å². The number of aryl methyl sites for hydroxylation is 2. The van der Waals surface area contributed by atoms with Crippen LogP contribution < -0.4 is 10.0 Å². The van der Waals surface area contributed by atoms with Crippen molar-refractivity contribution in [3.63, 3.8) is 0 Å². The second-order valence-corrected chi connectivity index (χ2v) is 7.50. The summed E-state index contributed by atoms with van der Waals surface area (Å²) >= 11 is 0. The van der Waals surface area contributed by atoms with Crippen LogP contribution in [-0.4, -0.2) is 21.0 Å². The Morgan fingerprint density at radius 3 is 2.29 bits per heavy atom. The molecule has 1 heterocycles. The minimum atomic E-state index is -3.57. The van der Waals surface area contributed by atoms with Crippen molar-refractivity contribution in [1.29, 1.82) is 0 Å². The third kappa shape index (κ3) is 4.56. The zero-order valence-electron chi connectivity index (χ0n) is 13.9. The van der Waals surface area contributed by atoms with Crippen LogP contribution in [0.4, 0.5) is 0 Å². The minimum Gasteiger partial charge on any atom is -0.465 e. The predicted octanol–water partition coefficient (Wildman–Crippen LogP) is 2.72. The maximum Gasteiger partial charge on any atom is 0.244 e. The average molecular weight is 316 g/mol. The van der Waals surface area contributed by atoms with Gasteiger partial charge in [-0.25, -0.2) is 13.1 Å². The van der Waals surface area contributed by atoms with Gasteiger partial charge >= 0.3 is 0 Å². The molecule has 0 aliphatic rings. The predicted molar refractivity (Wildman–Crippen MR) is 84.8 cm³/mol. The monoisotopic (exact) mass is 316 g/mol. The van der Waals surface area contributed by atoms with Gasteiger partial charge in [0.2, 0.25) is 10.0 Å². The van der Waals surface area contributed by atoms with Crippen molar-refractivity contribution >= 4 is 10.0 Å². The van der Waals surface area contributed by atoms with E-state index in [9.17, 15) is 8.42 Å². The van der Waals surface area contributed by atoms with E-state index in [1.165, 1.54) is 0 Å². The third-order valence-electron chi connectivity index (χ3n) is 3.66. The summed E-state index contributed by atoms with van der Waals surface area (Å²) in [6, 6.07) is -0.124. The molecule has 21 heavy (non-hydrogen) atoms. The Bertz CT molecular complexity index is 562. The van der Waals surface area contributed by atoms with Crippen molar-refractivity contribution in [3.05, 3.63) is 17.1 Å². The number of sulfonamides is 1. The van der Waals surface area contributed by atoms with Gasteiger partial charge in [0.1, 0.15) is 16.4 Å². The maximum atomic E-state index is 12.6. The van der Waals surface area contributed by atoms with Crippen molar-refractivity contribution < 1.29 is 12.8 Å². The first-order valence-corrected chi connectivity index (χ1v) is 9.00. The van der Waals surface area contributed by atoms with Crippen LogP contribution in [0.3, 0.4) is 0 Å². The van der Waals surface area contributed by atoms with Crippen molar-refractivity contribution in [3.8, 4) is 0 Å². The minimum absolute atomic E-state index is 0.124. The Kier molecular flexibility index (Phi) is 6.43. The molecule has 122 valence electrons. The number of nitrogens with one attached hydrogen (secondary N) is 2. The molecule has 0 bridgehead atoms. The lowest BCUT2D eigenvalue weighted by Crippen LogP contribution is -2.36. The Morgan fingerprint density at radius 2 is 1.76 bits per heavy atom. The number of rotatable bonds is 8. The standard InChI is InChI=1S/C15H28N2O3S/c1-7-8-16-9-14-12(5)20-13(6)15(14)21(18,19)17-11(4)10(2)3/h10-11,16-17H,7-9H2,1-6H3. The van der Waals surface area contributed by atoms with Gasteiger partial charge in [-0.15, -0.1) is 0 Å². The summed E-state index contributed by atoms with van der Waals surface area (Å²) in [5.41, 5.74) is 0.726. The molecule has 0 radical (unpaired) electrons. The molecule has 6 heteroatoms. The van der Waals surface area contributed by atoms with Crippen LogP contribution in [0.15, 0.2) is 9.31 Å². The molecule has 0 saturated carbocycles. The maximum absolute atomic E-state index is 12.6. The lowest BCUT2D eigenvalue weighted by molar-refractivity contribution is 0.472. The van der Waals surface area contributed by atoms with E-state index in [4.69, 9.17) is 4.42 Å². The van der Waals surface area contributed by atoms with Crippen LogP contribution in [0.1, 0.15) is 51.2 Å². The normalized spacial score (nSPS) is 13.9. The van der Waals surface area contributed by atoms with E-state index < -0.39 is 10.0 Å². The van der Waals surface area contributed by atoms with E-state index in [2.05, 4.69) is 17.0 Å². The summed E-state index contributed by atoms with van der Waals surface area (Å²) in [7, 11) is -3.57. The molecule has 0 saturated heterocycles. The fraction of sp³-hybridized carbons (Fsp3) is 0.733. The summed E-state index contributed by atoms with van der Waals surface area (Å²) < 4.78 is 33.6. The molecule has 2 N–H and O–H groups in total. The summed E-state index contributed by atoms with van der Waals surface area (Å²) in [6.45, 7) is 12.8. The second kappa shape index (κ2) is 7.42. The number of hydrogen-bond donors (Lipinski definition) is 2. The van der Waals surface area contributed by atoms with E-state index in [1.807, 2.05) is 20.8 Å². The molecular formula is C15H28N2O3S. The molecule has 1 rings (SSSR count). The second-order valence-electron chi connectivity index (χ2n) is 5.85. The number of hydrogen-bond acceptors (Lipinski definition) is 4. The van der Waals surface area contributed by atoms with Gasteiger partial charge in [-0.2, -0.15) is 0 Å². The molecule has 0 amide bonds. The molecular weight excluding hydrogens is 288 g/mol. The first-order valence-electron chi connectivity index (χ1n) is 7.52. The Labute approximate surface area is 128 Å². The van der Waals surface area contributed by atoms with Gasteiger partial charge in [0.05, 0.1) is 0 Å². The highest BCUT2D eigenvalue weighted by atomic mass is 32.2. The zero-order chi connectivity index (χ0) is 16.2. The van der Waals surface area contributed by atoms with Crippen molar-refractivity contribution in [2.24, 2.45) is 5.92 Å². The molecule has 1 aromatic rings. The molecule has 1 unspecified atom stereocenters. The van der Waals surface area contributed by atoms with Gasteiger partial charge in [-0.05, 0) is 39.7 Å². The fourth-order valence-corrected chi connectivity index (χ4v) is 3.94. The molecule has 1 atom stereocenters. The summed E-state index contributed by atoms with van der Waals surface area (Å²) in [5.74, 6) is 1.34. The Balaban J connectivity index is 3.10. The smallest absolute Gasteiger partial charge is 0.244 e. The largest absolute Gasteiger partial charge is 0.465 e. The van der Waals surface area contributed by atoms with Crippen molar-refractivity contribution in [2.75, 3.05) is 6.54 Å². The highest BCUT2D eigenvalue weighted by Crippen LogP contribution is 2.27. The van der Waals surface area contributed by atoms with Crippen LogP contribution >= 0.6 is 0 Å². The summed E-state index contributed by atoms with van der Waals surface area (Å²) in [6.07, 6.45) is 1.00. The quantitative estimate of drug-likeness (QED) is 0.723. The van der Waals surface area contributed by atoms with E-state index in [0.717, 1.165) is 18.5 Å². The average Bonchev–Trinajstić information content (AvgIpc) is 2.64. The molecule has 0 aliphatic carbocycles. The highest BCUT2D eigenvalue weighted by Gasteiger charge is 2.28. The summed E-state index contributed by atoms with van der Waals surface area (Å²) in [4.78, 5) is 0.288. The van der Waals surface area contributed by atoms with Crippen molar-refractivity contribution in [1.82, 2.24) is 10.0 Å². The first-order chi connectivity index (χ1) is 9.70. The van der Waals surface area contributed by atoms with Crippen molar-refractivity contribution in [2.45, 2.75) is 65.4 Å². The highest BCUT2D eigenvalue weighted by molar-refractivity contribution is 7.89. The molecule has 0 aliphatic heterocycles. The third-order valence-corrected chi connectivity index (χ3v) is 5.42. The van der Waals surface area contributed by atoms with Crippen LogP contribution in [0.25, 0.3) is 0 Å². The van der Waals surface area contributed by atoms with Gasteiger partial charge in [0, 0.05) is 18.2 Å². The molecule has 0 fully saturated rings. The van der Waals surface area contributed by atoms with Crippen LogP contribution in [-0.2, 0) is 16.6 Å². The number of furan rings is 1. The Morgan fingerprint density at radius 1 is 1.14 bits per heavy atom. The van der Waals surface area contributed by atoms with E-state index in [0.29, 0.717) is 18.1 Å². The van der Waals surface area contributed by atoms with E-state index in [1.54, 1.807) is 13.8 Å². The fourth-order valence-electron chi connectivity index (χ4n) is 2.10. The lowest BCUT2D eigenvalue weighted by Gasteiger charge is -2.18. The van der Waals surface area contributed by atoms with Crippen LogP contribution in [0.2, 0.25) is 0 Å². The molecule has 0 spiro atoms. The van der Waals surface area contributed by atoms with Gasteiger partial charge in [0.25, 0.3) is 0 Å². The van der Waals surface area contributed by atoms with Crippen LogP contribution in [0.5, 0.6) is 0 Å². The first kappa shape index (κ1) is 18.2. The molecule has 0 aromatic carbocycles. The summed E-state index contributed by atoms with van der Waals surface area (Å²) in [5, 5.41) is 3.24. The molecule has 1 aromatic heterocycles. The van der Waals surface area contributed by atoms with E-state index in [-0.39, 0.29) is 16.9 Å². The van der Waals surface area contributed by atoms with Gasteiger partial charge in [-0.1, -0.05) is 20.8 Å². The van der Waals surface area contributed by atoms with Gasteiger partial charge in [0.15, 0.2) is 0 Å². The SMILES string of the molecule is CCCNCc1c(C)oc(C)c1S(=O)(=O)NC(C)C(C)C. The topological polar surface area (TPSA) is 71.3 Å². The lowest BCUT2D eigenvalue weighted by atomic mass is 10.1. The zero-order valence-corrected chi connectivity index (χ0v) is 14.7. The van der Waals surface area contributed by atoms with Gasteiger partial charge in [-0.3, -0.25) is 0 Å². The molecule has 5 nitrogen and oxygen atoms in total. The Hall–Kier alpha value is -0.850. The van der Waals surface area contributed by atoms with Crippen LogP contribution in [0, 0.1) is 19.8 Å².